The molecule has 1 saturated heterocycles. The molecule has 1 heterocycles. The molecule has 0 amide bonds. The SMILES string of the molecule is CCN(CC1CCCO1)c1ccc(/C=C/C(=O)O)c(Br)c1. The summed E-state index contributed by atoms with van der Waals surface area (Å²) < 4.78 is 6.59. The average Bonchev–Trinajstić information content (AvgIpc) is 2.96. The monoisotopic (exact) mass is 353 g/mol. The van der Waals surface area contributed by atoms with Gasteiger partial charge in [0.05, 0.1) is 6.10 Å². The highest BCUT2D eigenvalue weighted by molar-refractivity contribution is 9.10. The fourth-order valence-corrected chi connectivity index (χ4v) is 2.96. The number of hydrogen-bond donors (Lipinski definition) is 1. The molecule has 21 heavy (non-hydrogen) atoms. The Labute approximate surface area is 133 Å². The molecule has 1 atom stereocenters. The van der Waals surface area contributed by atoms with Crippen LogP contribution < -0.4 is 4.90 Å². The fraction of sp³-hybridized carbons (Fsp3) is 0.438. The molecule has 0 aliphatic carbocycles. The van der Waals surface area contributed by atoms with Crippen LogP contribution in [0.4, 0.5) is 5.69 Å². The van der Waals surface area contributed by atoms with Crippen molar-refractivity contribution in [1.29, 1.82) is 0 Å². The maximum atomic E-state index is 10.6. The largest absolute Gasteiger partial charge is 0.478 e. The van der Waals surface area contributed by atoms with E-state index in [9.17, 15) is 4.79 Å². The van der Waals surface area contributed by atoms with Crippen molar-refractivity contribution in [2.75, 3.05) is 24.6 Å². The number of aliphatic carboxylic acids is 1. The molecule has 1 unspecified atom stereocenters. The molecule has 1 aliphatic heterocycles. The molecule has 1 aliphatic rings. The van der Waals surface area contributed by atoms with Crippen molar-refractivity contribution in [2.45, 2.75) is 25.9 Å². The summed E-state index contributed by atoms with van der Waals surface area (Å²) in [6.45, 7) is 4.80. The molecule has 2 rings (SSSR count). The van der Waals surface area contributed by atoms with Gasteiger partial charge < -0.3 is 14.7 Å². The van der Waals surface area contributed by atoms with Crippen LogP contribution in [-0.2, 0) is 9.53 Å². The van der Waals surface area contributed by atoms with E-state index in [0.29, 0.717) is 6.10 Å². The topological polar surface area (TPSA) is 49.8 Å². The van der Waals surface area contributed by atoms with Gasteiger partial charge in [0.2, 0.25) is 0 Å². The molecule has 4 nitrogen and oxygen atoms in total. The Balaban J connectivity index is 2.11. The Morgan fingerprint density at radius 2 is 2.38 bits per heavy atom. The molecular weight excluding hydrogens is 334 g/mol. The van der Waals surface area contributed by atoms with Crippen molar-refractivity contribution in [3.63, 3.8) is 0 Å². The van der Waals surface area contributed by atoms with E-state index < -0.39 is 5.97 Å². The standard InChI is InChI=1S/C16H20BrNO3/c1-2-18(11-14-4-3-9-21-14)13-7-5-12(15(17)10-13)6-8-16(19)20/h5-8,10,14H,2-4,9,11H2,1H3,(H,19,20)/b8-6+. The number of nitrogens with zero attached hydrogens (tertiary/aromatic N) is 1. The summed E-state index contributed by atoms with van der Waals surface area (Å²) in [6.07, 6.45) is 5.31. The first-order valence-corrected chi connectivity index (χ1v) is 7.96. The van der Waals surface area contributed by atoms with Crippen molar-refractivity contribution < 1.29 is 14.6 Å². The summed E-state index contributed by atoms with van der Waals surface area (Å²) in [6, 6.07) is 5.97. The van der Waals surface area contributed by atoms with E-state index in [-0.39, 0.29) is 0 Å². The Bertz CT molecular complexity index is 524. The second kappa shape index (κ2) is 7.61. The zero-order chi connectivity index (χ0) is 15.2. The van der Waals surface area contributed by atoms with Crippen LogP contribution in [0.25, 0.3) is 6.08 Å². The highest BCUT2D eigenvalue weighted by atomic mass is 79.9. The number of benzene rings is 1. The smallest absolute Gasteiger partial charge is 0.328 e. The van der Waals surface area contributed by atoms with Gasteiger partial charge in [-0.15, -0.1) is 0 Å². The first-order chi connectivity index (χ1) is 10.1. The van der Waals surface area contributed by atoms with Crippen molar-refractivity contribution in [2.24, 2.45) is 0 Å². The van der Waals surface area contributed by atoms with Gasteiger partial charge in [0.15, 0.2) is 0 Å². The molecule has 0 bridgehead atoms. The van der Waals surface area contributed by atoms with Gasteiger partial charge in [-0.1, -0.05) is 22.0 Å². The maximum absolute atomic E-state index is 10.6. The lowest BCUT2D eigenvalue weighted by Gasteiger charge is -2.26. The minimum atomic E-state index is -0.945. The summed E-state index contributed by atoms with van der Waals surface area (Å²) in [5.74, 6) is -0.945. The van der Waals surface area contributed by atoms with Gasteiger partial charge in [0, 0.05) is 35.9 Å². The first kappa shape index (κ1) is 16.0. The number of ether oxygens (including phenoxy) is 1. The lowest BCUT2D eigenvalue weighted by Crippen LogP contribution is -2.31. The lowest BCUT2D eigenvalue weighted by molar-refractivity contribution is -0.131. The number of carboxylic acid groups (broad SMARTS) is 1. The summed E-state index contributed by atoms with van der Waals surface area (Å²) in [7, 11) is 0. The highest BCUT2D eigenvalue weighted by Gasteiger charge is 2.19. The quantitative estimate of drug-likeness (QED) is 0.794. The van der Waals surface area contributed by atoms with E-state index in [1.54, 1.807) is 6.08 Å². The van der Waals surface area contributed by atoms with E-state index in [2.05, 4.69) is 27.8 Å². The predicted octanol–water partition coefficient (Wildman–Crippen LogP) is 3.55. The second-order valence-corrected chi connectivity index (χ2v) is 5.91. The number of anilines is 1. The van der Waals surface area contributed by atoms with Crippen LogP contribution in [0.15, 0.2) is 28.7 Å². The number of carboxylic acids is 1. The summed E-state index contributed by atoms with van der Waals surface area (Å²) in [5.41, 5.74) is 1.97. The fourth-order valence-electron chi connectivity index (χ4n) is 2.46. The van der Waals surface area contributed by atoms with Crippen LogP contribution >= 0.6 is 15.9 Å². The number of halogens is 1. The molecule has 1 aromatic rings. The van der Waals surface area contributed by atoms with Gasteiger partial charge in [-0.25, -0.2) is 4.79 Å². The van der Waals surface area contributed by atoms with Crippen molar-refractivity contribution in [3.05, 3.63) is 34.3 Å². The van der Waals surface area contributed by atoms with E-state index >= 15 is 0 Å². The van der Waals surface area contributed by atoms with Crippen molar-refractivity contribution in [1.82, 2.24) is 0 Å². The van der Waals surface area contributed by atoms with E-state index in [4.69, 9.17) is 9.84 Å². The number of carbonyl (C=O) groups is 1. The van der Waals surface area contributed by atoms with Gasteiger partial charge in [0.1, 0.15) is 0 Å². The Hall–Kier alpha value is -1.33. The van der Waals surface area contributed by atoms with Gasteiger partial charge in [0.25, 0.3) is 0 Å². The van der Waals surface area contributed by atoms with Gasteiger partial charge in [-0.3, -0.25) is 0 Å². The average molecular weight is 354 g/mol. The lowest BCUT2D eigenvalue weighted by atomic mass is 10.1. The van der Waals surface area contributed by atoms with Crippen LogP contribution in [0, 0.1) is 0 Å². The summed E-state index contributed by atoms with van der Waals surface area (Å²) in [4.78, 5) is 12.9. The molecule has 1 fully saturated rings. The van der Waals surface area contributed by atoms with Gasteiger partial charge in [-0.2, -0.15) is 0 Å². The molecule has 114 valence electrons. The summed E-state index contributed by atoms with van der Waals surface area (Å²) >= 11 is 3.51. The van der Waals surface area contributed by atoms with E-state index in [1.807, 2.05) is 18.2 Å². The number of rotatable bonds is 6. The Morgan fingerprint density at radius 3 is 2.95 bits per heavy atom. The molecule has 5 heteroatoms. The third-order valence-electron chi connectivity index (χ3n) is 3.58. The molecule has 0 spiro atoms. The molecular formula is C16H20BrNO3. The van der Waals surface area contributed by atoms with Gasteiger partial charge >= 0.3 is 5.97 Å². The molecule has 0 saturated carbocycles. The first-order valence-electron chi connectivity index (χ1n) is 7.17. The van der Waals surface area contributed by atoms with Crippen LogP contribution in [0.3, 0.4) is 0 Å². The molecule has 0 aromatic heterocycles. The van der Waals surface area contributed by atoms with E-state index in [1.165, 1.54) is 0 Å². The zero-order valence-corrected chi connectivity index (χ0v) is 13.7. The minimum Gasteiger partial charge on any atom is -0.478 e. The minimum absolute atomic E-state index is 0.315. The summed E-state index contributed by atoms with van der Waals surface area (Å²) in [5, 5.41) is 8.68. The molecule has 1 N–H and O–H groups in total. The number of likely N-dealkylation sites (N-methyl/N-ethyl adjacent to an activating group) is 1. The van der Waals surface area contributed by atoms with Crippen molar-refractivity contribution in [3.8, 4) is 0 Å². The second-order valence-electron chi connectivity index (χ2n) is 5.05. The Kier molecular flexibility index (Phi) is 5.82. The van der Waals surface area contributed by atoms with E-state index in [0.717, 1.165) is 54.3 Å². The van der Waals surface area contributed by atoms with Crippen LogP contribution in [0.5, 0.6) is 0 Å². The van der Waals surface area contributed by atoms with Gasteiger partial charge in [-0.05, 0) is 43.5 Å². The number of hydrogen-bond acceptors (Lipinski definition) is 3. The zero-order valence-electron chi connectivity index (χ0n) is 12.1. The molecule has 0 radical (unpaired) electrons. The van der Waals surface area contributed by atoms with Crippen LogP contribution in [0.2, 0.25) is 0 Å². The highest BCUT2D eigenvalue weighted by Crippen LogP contribution is 2.26. The van der Waals surface area contributed by atoms with Crippen LogP contribution in [0.1, 0.15) is 25.3 Å². The third-order valence-corrected chi connectivity index (χ3v) is 4.27. The third kappa shape index (κ3) is 4.58. The Morgan fingerprint density at radius 1 is 1.57 bits per heavy atom. The normalized spacial score (nSPS) is 18.3. The van der Waals surface area contributed by atoms with Crippen LogP contribution in [-0.4, -0.2) is 36.9 Å². The van der Waals surface area contributed by atoms with Crippen molar-refractivity contribution >= 4 is 33.7 Å². The molecule has 1 aromatic carbocycles. The predicted molar refractivity (Wildman–Crippen MR) is 87.7 cm³/mol. The maximum Gasteiger partial charge on any atom is 0.328 e.